The molecule has 0 aliphatic rings. The van der Waals surface area contributed by atoms with Gasteiger partial charge in [0.1, 0.15) is 5.78 Å². The third-order valence-corrected chi connectivity index (χ3v) is 4.15. The fourth-order valence-corrected chi connectivity index (χ4v) is 2.94. The van der Waals surface area contributed by atoms with Crippen LogP contribution in [0.4, 0.5) is 0 Å². The molecule has 0 saturated heterocycles. The molecule has 0 fully saturated rings. The highest BCUT2D eigenvalue weighted by atomic mass is 32.7. The van der Waals surface area contributed by atoms with Crippen molar-refractivity contribution in [1.82, 2.24) is 0 Å². The van der Waals surface area contributed by atoms with Crippen molar-refractivity contribution in [2.45, 2.75) is 13.3 Å². The Balaban J connectivity index is 3.63. The van der Waals surface area contributed by atoms with Crippen LogP contribution in [0.25, 0.3) is 0 Å². The van der Waals surface area contributed by atoms with Crippen molar-refractivity contribution in [3.8, 4) is 0 Å². The zero-order valence-electron chi connectivity index (χ0n) is 7.43. The molecule has 0 bridgehead atoms. The molecule has 0 spiro atoms. The topological polar surface area (TPSA) is 89.6 Å². The molecular formula is C6H14NO4PS. The largest absolute Gasteiger partial charge is 0.386 e. The lowest BCUT2D eigenvalue weighted by Crippen LogP contribution is -2.06. The number of carbonyl (C=O) groups is 1. The Bertz CT molecular complexity index is 211. The Hall–Kier alpha value is 0.130. The molecule has 0 saturated carbocycles. The fourth-order valence-electron chi connectivity index (χ4n) is 0.510. The second-order valence-corrected chi connectivity index (χ2v) is 6.40. The maximum absolute atomic E-state index is 11.1. The number of hydrogen-bond acceptors (Lipinski definition) is 5. The molecule has 1 atom stereocenters. The summed E-state index contributed by atoms with van der Waals surface area (Å²) in [6.07, 6.45) is 0.279. The molecule has 0 aromatic heterocycles. The Morgan fingerprint density at radius 3 is 2.77 bits per heavy atom. The minimum absolute atomic E-state index is 0.00803. The van der Waals surface area contributed by atoms with E-state index in [-0.39, 0.29) is 25.4 Å². The minimum Gasteiger partial charge on any atom is -0.328 e. The van der Waals surface area contributed by atoms with E-state index in [0.29, 0.717) is 5.75 Å². The molecule has 13 heavy (non-hydrogen) atoms. The average Bonchev–Trinajstić information content (AvgIpc) is 2.00. The summed E-state index contributed by atoms with van der Waals surface area (Å²) in [5.74, 6) is 0.291. The van der Waals surface area contributed by atoms with Gasteiger partial charge in [0, 0.05) is 18.7 Å². The van der Waals surface area contributed by atoms with Gasteiger partial charge in [-0.05, 0) is 18.3 Å². The number of hydrogen-bond donors (Lipinski definition) is 2. The van der Waals surface area contributed by atoms with Gasteiger partial charge in [0.25, 0.3) is 0 Å². The van der Waals surface area contributed by atoms with E-state index in [9.17, 15) is 9.36 Å². The molecule has 0 rings (SSSR count). The van der Waals surface area contributed by atoms with Gasteiger partial charge in [-0.2, -0.15) is 0 Å². The predicted octanol–water partition coefficient (Wildman–Crippen LogP) is 0.774. The summed E-state index contributed by atoms with van der Waals surface area (Å²) in [6, 6.07) is 0. The third kappa shape index (κ3) is 8.46. The zero-order chi connectivity index (χ0) is 10.3. The van der Waals surface area contributed by atoms with E-state index >= 15 is 0 Å². The van der Waals surface area contributed by atoms with Gasteiger partial charge in [-0.1, -0.05) is 0 Å². The smallest absolute Gasteiger partial charge is 0.328 e. The van der Waals surface area contributed by atoms with E-state index in [1.807, 2.05) is 0 Å². The van der Waals surface area contributed by atoms with Crippen LogP contribution < -0.4 is 5.73 Å². The maximum Gasteiger partial charge on any atom is 0.386 e. The van der Waals surface area contributed by atoms with Crippen LogP contribution in [0.3, 0.4) is 0 Å². The number of Topliss-reactive ketones (excluding diaryl/α,β-unsaturated/α-hetero) is 1. The van der Waals surface area contributed by atoms with Crippen molar-refractivity contribution < 1.29 is 18.8 Å². The molecule has 0 aromatic carbocycles. The molecule has 0 aliphatic heterocycles. The van der Waals surface area contributed by atoms with Gasteiger partial charge in [-0.25, -0.2) is 4.57 Å². The number of ketones is 1. The number of carbonyl (C=O) groups excluding carboxylic acids is 1. The fraction of sp³-hybridized carbons (Fsp3) is 0.833. The molecule has 0 aromatic rings. The van der Waals surface area contributed by atoms with Crippen molar-refractivity contribution in [2.24, 2.45) is 5.73 Å². The molecule has 1 unspecified atom stereocenters. The Morgan fingerprint density at radius 2 is 2.31 bits per heavy atom. The second-order valence-electron chi connectivity index (χ2n) is 2.38. The quantitative estimate of drug-likeness (QED) is 0.624. The van der Waals surface area contributed by atoms with E-state index in [4.69, 9.17) is 10.6 Å². The minimum atomic E-state index is -3.58. The lowest BCUT2D eigenvalue weighted by molar-refractivity contribution is -0.116. The number of nitrogens with two attached hydrogens (primary N) is 1. The van der Waals surface area contributed by atoms with Crippen LogP contribution in [-0.2, 0) is 13.9 Å². The summed E-state index contributed by atoms with van der Waals surface area (Å²) in [5, 5.41) is 0. The molecule has 3 N–H and O–H groups in total. The monoisotopic (exact) mass is 227 g/mol. The van der Waals surface area contributed by atoms with Crippen LogP contribution in [0.1, 0.15) is 13.3 Å². The van der Waals surface area contributed by atoms with Crippen molar-refractivity contribution in [2.75, 3.05) is 18.9 Å². The maximum atomic E-state index is 11.1. The Labute approximate surface area is 81.3 Å². The first-order valence-corrected chi connectivity index (χ1v) is 6.96. The lowest BCUT2D eigenvalue weighted by Gasteiger charge is -2.09. The van der Waals surface area contributed by atoms with Gasteiger partial charge in [0.05, 0.1) is 6.61 Å². The van der Waals surface area contributed by atoms with Crippen LogP contribution in [-0.4, -0.2) is 29.6 Å². The summed E-state index contributed by atoms with van der Waals surface area (Å²) < 4.78 is 15.7. The first kappa shape index (κ1) is 13.1. The summed E-state index contributed by atoms with van der Waals surface area (Å²) >= 11 is 0.759. The highest BCUT2D eigenvalue weighted by Crippen LogP contribution is 2.55. The first-order valence-electron chi connectivity index (χ1n) is 3.79. The van der Waals surface area contributed by atoms with Crippen molar-refractivity contribution in [1.29, 1.82) is 0 Å². The summed E-state index contributed by atoms with van der Waals surface area (Å²) in [5.41, 5.74) is 5.09. The first-order chi connectivity index (χ1) is 5.98. The van der Waals surface area contributed by atoms with Gasteiger partial charge in [0.2, 0.25) is 0 Å². The molecule has 0 heterocycles. The molecule has 78 valence electrons. The Morgan fingerprint density at radius 1 is 1.69 bits per heavy atom. The average molecular weight is 227 g/mol. The van der Waals surface area contributed by atoms with Crippen LogP contribution in [0.2, 0.25) is 0 Å². The van der Waals surface area contributed by atoms with E-state index in [0.717, 1.165) is 11.4 Å². The van der Waals surface area contributed by atoms with E-state index in [1.54, 1.807) is 0 Å². The van der Waals surface area contributed by atoms with Gasteiger partial charge in [0.15, 0.2) is 0 Å². The Kier molecular flexibility index (Phi) is 6.63. The van der Waals surface area contributed by atoms with Crippen molar-refractivity contribution >= 4 is 24.0 Å². The van der Waals surface area contributed by atoms with Crippen LogP contribution in [0, 0.1) is 0 Å². The third-order valence-electron chi connectivity index (χ3n) is 1.08. The second kappa shape index (κ2) is 6.56. The molecule has 0 aliphatic carbocycles. The molecular weight excluding hydrogens is 213 g/mol. The zero-order valence-corrected chi connectivity index (χ0v) is 9.14. The van der Waals surface area contributed by atoms with Crippen LogP contribution in [0.5, 0.6) is 0 Å². The normalized spacial score (nSPS) is 15.3. The highest BCUT2D eigenvalue weighted by Gasteiger charge is 2.19. The van der Waals surface area contributed by atoms with Crippen LogP contribution in [0.15, 0.2) is 0 Å². The molecule has 7 heteroatoms. The van der Waals surface area contributed by atoms with Crippen LogP contribution >= 0.6 is 18.2 Å². The number of rotatable bonds is 7. The standard InChI is InChI=1S/C6H14NO4PS/c1-6(8)2-5-13-12(9,10)11-4-3-7/h2-5,7H2,1H3,(H,9,10). The molecule has 0 amide bonds. The van der Waals surface area contributed by atoms with Crippen molar-refractivity contribution in [3.05, 3.63) is 0 Å². The highest BCUT2D eigenvalue weighted by molar-refractivity contribution is 8.54. The van der Waals surface area contributed by atoms with E-state index in [2.05, 4.69) is 4.52 Å². The van der Waals surface area contributed by atoms with E-state index < -0.39 is 6.80 Å². The summed E-state index contributed by atoms with van der Waals surface area (Å²) in [6.45, 7) is -1.88. The summed E-state index contributed by atoms with van der Waals surface area (Å²) in [4.78, 5) is 19.6. The van der Waals surface area contributed by atoms with E-state index in [1.165, 1.54) is 6.92 Å². The lowest BCUT2D eigenvalue weighted by atomic mass is 10.4. The van der Waals surface area contributed by atoms with Gasteiger partial charge >= 0.3 is 6.80 Å². The van der Waals surface area contributed by atoms with Gasteiger partial charge < -0.3 is 10.6 Å². The predicted molar refractivity (Wildman–Crippen MR) is 52.6 cm³/mol. The van der Waals surface area contributed by atoms with Gasteiger partial charge in [-0.3, -0.25) is 9.32 Å². The molecule has 5 nitrogen and oxygen atoms in total. The van der Waals surface area contributed by atoms with Gasteiger partial charge in [-0.15, -0.1) is 0 Å². The summed E-state index contributed by atoms with van der Waals surface area (Å²) in [7, 11) is 0. The molecule has 0 radical (unpaired) electrons. The SMILES string of the molecule is CC(=O)CCSP(=O)(O)OCCN. The van der Waals surface area contributed by atoms with Crippen molar-refractivity contribution in [3.63, 3.8) is 0 Å².